The van der Waals surface area contributed by atoms with E-state index >= 15 is 0 Å². The molecule has 0 atom stereocenters. The van der Waals surface area contributed by atoms with Crippen LogP contribution in [0, 0.1) is 0 Å². The number of rotatable bonds is 1. The Morgan fingerprint density at radius 2 is 2.00 bits per heavy atom. The van der Waals surface area contributed by atoms with E-state index in [2.05, 4.69) is 0 Å². The van der Waals surface area contributed by atoms with E-state index in [4.69, 9.17) is 13.0 Å². The molecule has 0 spiro atoms. The Labute approximate surface area is 59.9 Å². The van der Waals surface area contributed by atoms with E-state index in [1.807, 2.05) is 0 Å². The van der Waals surface area contributed by atoms with E-state index in [1.165, 1.54) is 6.07 Å². The molecule has 0 aliphatic carbocycles. The average Bonchev–Trinajstić information content (AvgIpc) is 1.88. The monoisotopic (exact) mass is 132 g/mol. The summed E-state index contributed by atoms with van der Waals surface area (Å²) in [6.45, 7) is 0. The molecule has 48 valence electrons. The van der Waals surface area contributed by atoms with E-state index in [-0.39, 0.29) is 5.56 Å². The maximum Gasteiger partial charge on any atom is 0.335 e. The first-order valence-electron chi connectivity index (χ1n) is 2.79. The third-order valence-electron chi connectivity index (χ3n) is 1.19. The molecule has 1 aromatic carbocycles. The van der Waals surface area contributed by atoms with E-state index in [0.29, 0.717) is 5.46 Å². The van der Waals surface area contributed by atoms with Gasteiger partial charge in [-0.25, -0.2) is 4.79 Å². The molecule has 0 bridgehead atoms. The number of carbonyl (C=O) groups is 1. The van der Waals surface area contributed by atoms with Crippen LogP contribution in [-0.4, -0.2) is 18.9 Å². The second-order valence-electron chi connectivity index (χ2n) is 1.89. The van der Waals surface area contributed by atoms with Gasteiger partial charge in [-0.15, -0.1) is 0 Å². The smallest absolute Gasteiger partial charge is 0.335 e. The summed E-state index contributed by atoms with van der Waals surface area (Å²) in [5.74, 6) is -0.988. The van der Waals surface area contributed by atoms with Gasteiger partial charge in [-0.3, -0.25) is 0 Å². The molecule has 0 saturated heterocycles. The molecule has 0 amide bonds. The van der Waals surface area contributed by atoms with Crippen molar-refractivity contribution in [3.8, 4) is 0 Å². The zero-order valence-corrected chi connectivity index (χ0v) is 5.24. The van der Waals surface area contributed by atoms with Crippen LogP contribution in [0.3, 0.4) is 0 Å². The van der Waals surface area contributed by atoms with Crippen LogP contribution < -0.4 is 5.46 Å². The van der Waals surface area contributed by atoms with Gasteiger partial charge in [0.15, 0.2) is 0 Å². The molecular weight excluding hydrogens is 127 g/mol. The summed E-state index contributed by atoms with van der Waals surface area (Å²) in [5.41, 5.74) is 0.456. The Balaban J connectivity index is 3.15. The zero-order valence-electron chi connectivity index (χ0n) is 5.24. The first-order valence-corrected chi connectivity index (χ1v) is 2.79. The summed E-state index contributed by atoms with van der Waals surface area (Å²) in [4.78, 5) is 10.3. The van der Waals surface area contributed by atoms with Gasteiger partial charge in [-0.05, 0) is 6.07 Å². The van der Waals surface area contributed by atoms with E-state index in [9.17, 15) is 4.79 Å². The third kappa shape index (κ3) is 1.18. The van der Waals surface area contributed by atoms with E-state index in [1.54, 1.807) is 18.2 Å². The van der Waals surface area contributed by atoms with Crippen molar-refractivity contribution in [2.75, 3.05) is 0 Å². The van der Waals surface area contributed by atoms with Gasteiger partial charge in [0.05, 0.1) is 5.56 Å². The van der Waals surface area contributed by atoms with Gasteiger partial charge in [-0.2, -0.15) is 0 Å². The molecule has 0 aliphatic heterocycles. The van der Waals surface area contributed by atoms with Crippen molar-refractivity contribution in [2.24, 2.45) is 0 Å². The van der Waals surface area contributed by atoms with Crippen LogP contribution in [-0.2, 0) is 0 Å². The summed E-state index contributed by atoms with van der Waals surface area (Å²) in [6.07, 6.45) is 0. The Bertz CT molecular complexity index is 258. The fourth-order valence-corrected chi connectivity index (χ4v) is 0.692. The minimum atomic E-state index is -0.988. The lowest BCUT2D eigenvalue weighted by molar-refractivity contribution is 0.0698. The summed E-state index contributed by atoms with van der Waals surface area (Å²) >= 11 is 0. The van der Waals surface area contributed by atoms with Crippen molar-refractivity contribution in [3.63, 3.8) is 0 Å². The minimum absolute atomic E-state index is 0.155. The predicted molar refractivity (Wildman–Crippen MR) is 38.8 cm³/mol. The number of benzene rings is 1. The Hall–Kier alpha value is -1.25. The second-order valence-corrected chi connectivity index (χ2v) is 1.89. The lowest BCUT2D eigenvalue weighted by atomic mass is 9.91. The largest absolute Gasteiger partial charge is 0.478 e. The average molecular weight is 132 g/mol. The molecule has 3 heteroatoms. The highest BCUT2D eigenvalue weighted by molar-refractivity contribution is 6.36. The number of hydrogen-bond donors (Lipinski definition) is 1. The standard InChI is InChI=1S/C7H5BO2/c8-6-4-2-1-3-5(6)7(9)10/h1-4H,(H,9,10). The normalized spacial score (nSPS) is 9.20. The van der Waals surface area contributed by atoms with E-state index < -0.39 is 5.97 Å². The van der Waals surface area contributed by atoms with Gasteiger partial charge in [0.2, 0.25) is 0 Å². The molecule has 0 fully saturated rings. The van der Waals surface area contributed by atoms with Crippen molar-refractivity contribution in [1.82, 2.24) is 0 Å². The van der Waals surface area contributed by atoms with Crippen LogP contribution in [0.25, 0.3) is 0 Å². The number of hydrogen-bond acceptors (Lipinski definition) is 1. The zero-order chi connectivity index (χ0) is 7.56. The van der Waals surface area contributed by atoms with Gasteiger partial charge in [0.1, 0.15) is 7.85 Å². The molecule has 10 heavy (non-hydrogen) atoms. The highest BCUT2D eigenvalue weighted by atomic mass is 16.4. The molecule has 1 aromatic rings. The van der Waals surface area contributed by atoms with Crippen molar-refractivity contribution in [2.45, 2.75) is 0 Å². The first-order chi connectivity index (χ1) is 4.72. The summed E-state index contributed by atoms with van der Waals surface area (Å²) in [7, 11) is 5.34. The quantitative estimate of drug-likeness (QED) is 0.553. The van der Waals surface area contributed by atoms with Crippen molar-refractivity contribution >= 4 is 19.3 Å². The number of carboxylic acids is 1. The SMILES string of the molecule is [B]c1ccccc1C(=O)O. The predicted octanol–water partition coefficient (Wildman–Crippen LogP) is 0.179. The molecule has 0 heterocycles. The lowest BCUT2D eigenvalue weighted by Crippen LogP contribution is -2.14. The van der Waals surface area contributed by atoms with Gasteiger partial charge in [0, 0.05) is 0 Å². The topological polar surface area (TPSA) is 37.3 Å². The van der Waals surface area contributed by atoms with Crippen LogP contribution in [0.4, 0.5) is 0 Å². The molecule has 0 unspecified atom stereocenters. The van der Waals surface area contributed by atoms with Crippen LogP contribution in [0.15, 0.2) is 24.3 Å². The van der Waals surface area contributed by atoms with Crippen LogP contribution in [0.5, 0.6) is 0 Å². The second kappa shape index (κ2) is 2.56. The maximum absolute atomic E-state index is 10.3. The molecule has 0 saturated carbocycles. The third-order valence-corrected chi connectivity index (χ3v) is 1.19. The summed E-state index contributed by atoms with van der Waals surface area (Å²) in [5, 5.41) is 8.49. The van der Waals surface area contributed by atoms with Crippen molar-refractivity contribution in [3.05, 3.63) is 29.8 Å². The molecule has 2 radical (unpaired) electrons. The molecule has 1 rings (SSSR count). The molecule has 2 nitrogen and oxygen atoms in total. The van der Waals surface area contributed by atoms with Gasteiger partial charge >= 0.3 is 5.97 Å². The molecule has 0 aliphatic rings. The van der Waals surface area contributed by atoms with Gasteiger partial charge in [-0.1, -0.05) is 23.7 Å². The minimum Gasteiger partial charge on any atom is -0.478 e. The first kappa shape index (κ1) is 6.87. The highest BCUT2D eigenvalue weighted by Crippen LogP contribution is 1.92. The molecule has 1 N–H and O–H groups in total. The fraction of sp³-hybridized carbons (Fsp3) is 0. The van der Waals surface area contributed by atoms with Crippen LogP contribution in [0.2, 0.25) is 0 Å². The van der Waals surface area contributed by atoms with Gasteiger partial charge < -0.3 is 5.11 Å². The number of carboxylic acid groups (broad SMARTS) is 1. The van der Waals surface area contributed by atoms with Gasteiger partial charge in [0.25, 0.3) is 0 Å². The summed E-state index contributed by atoms with van der Waals surface area (Å²) < 4.78 is 0. The maximum atomic E-state index is 10.3. The summed E-state index contributed by atoms with van der Waals surface area (Å²) in [6, 6.07) is 6.36. The van der Waals surface area contributed by atoms with Crippen molar-refractivity contribution < 1.29 is 9.90 Å². The Morgan fingerprint density at radius 3 is 2.40 bits per heavy atom. The van der Waals surface area contributed by atoms with E-state index in [0.717, 1.165) is 0 Å². The highest BCUT2D eigenvalue weighted by Gasteiger charge is 2.02. The molecular formula is C7H5BO2. The van der Waals surface area contributed by atoms with Crippen LogP contribution >= 0.6 is 0 Å². The fourth-order valence-electron chi connectivity index (χ4n) is 0.692. The molecule has 0 aromatic heterocycles. The van der Waals surface area contributed by atoms with Crippen LogP contribution in [0.1, 0.15) is 10.4 Å². The number of aromatic carboxylic acids is 1. The van der Waals surface area contributed by atoms with Crippen molar-refractivity contribution in [1.29, 1.82) is 0 Å². The Morgan fingerprint density at radius 1 is 1.40 bits per heavy atom. The lowest BCUT2D eigenvalue weighted by Gasteiger charge is -1.96. The Kier molecular flexibility index (Phi) is 1.76.